The van der Waals surface area contributed by atoms with Gasteiger partial charge in [0.2, 0.25) is 0 Å². The molecule has 0 unspecified atom stereocenters. The number of halogens is 1. The van der Waals surface area contributed by atoms with E-state index in [1.807, 2.05) is 26.0 Å². The second kappa shape index (κ2) is 17.9. The number of ether oxygens (including phenoxy) is 2. The number of carbonyl (C=O) groups excluding carboxylic acids is 2. The van der Waals surface area contributed by atoms with Crippen LogP contribution in [0.25, 0.3) is 5.57 Å². The van der Waals surface area contributed by atoms with Gasteiger partial charge < -0.3 is 19.5 Å². The van der Waals surface area contributed by atoms with Crippen LogP contribution in [-0.2, 0) is 19.1 Å². The summed E-state index contributed by atoms with van der Waals surface area (Å²) in [5.74, 6) is -0.413. The molecule has 0 aliphatic carbocycles. The molecule has 0 aromatic heterocycles. The van der Waals surface area contributed by atoms with Gasteiger partial charge >= 0.3 is 19.1 Å². The first-order valence-electron chi connectivity index (χ1n) is 15.0. The minimum atomic E-state index is -1.35. The maximum atomic E-state index is 11.8. The predicted molar refractivity (Wildman–Crippen MR) is 171 cm³/mol. The molecule has 2 aliphatic rings. The Hall–Kier alpha value is -2.87. The average molecular weight is 597 g/mol. The number of aryl methyl sites for hydroxylation is 2. The number of benzene rings is 2. The predicted octanol–water partition coefficient (Wildman–Crippen LogP) is 6.95. The molecule has 0 amide bonds. The maximum absolute atomic E-state index is 11.8. The number of hydrogen-bond donors (Lipinski definition) is 2. The van der Waals surface area contributed by atoms with E-state index >= 15 is 0 Å². The molecule has 0 bridgehead atoms. The monoisotopic (exact) mass is 596 g/mol. The van der Waals surface area contributed by atoms with Crippen LogP contribution in [0.5, 0.6) is 0 Å². The van der Waals surface area contributed by atoms with E-state index in [0.717, 1.165) is 54.4 Å². The highest BCUT2D eigenvalue weighted by molar-refractivity contribution is 6.58. The van der Waals surface area contributed by atoms with E-state index in [0.29, 0.717) is 16.1 Å². The van der Waals surface area contributed by atoms with Crippen molar-refractivity contribution in [3.63, 3.8) is 0 Å². The van der Waals surface area contributed by atoms with Crippen LogP contribution in [0.1, 0.15) is 95.8 Å². The highest BCUT2D eigenvalue weighted by atomic mass is 35.5. The minimum absolute atomic E-state index is 0.0539. The van der Waals surface area contributed by atoms with E-state index in [1.165, 1.54) is 24.8 Å². The van der Waals surface area contributed by atoms with Crippen LogP contribution < -0.4 is 5.46 Å². The third-order valence-corrected chi connectivity index (χ3v) is 7.88. The molecule has 8 heteroatoms. The first-order valence-corrected chi connectivity index (χ1v) is 15.4. The number of carbonyl (C=O) groups is 2. The van der Waals surface area contributed by atoms with Crippen LogP contribution in [0.4, 0.5) is 0 Å². The zero-order chi connectivity index (χ0) is 31.2. The molecule has 4 rings (SSSR count). The molecule has 0 saturated heterocycles. The molecule has 0 fully saturated rings. The van der Waals surface area contributed by atoms with Gasteiger partial charge in [-0.15, -0.1) is 0 Å². The van der Waals surface area contributed by atoms with Crippen LogP contribution in [0.3, 0.4) is 0 Å². The van der Waals surface area contributed by atoms with Crippen LogP contribution in [-0.4, -0.2) is 41.3 Å². The Balaban J connectivity index is 0.000000234. The van der Waals surface area contributed by atoms with Gasteiger partial charge in [-0.3, -0.25) is 0 Å². The molecule has 2 heterocycles. The summed E-state index contributed by atoms with van der Waals surface area (Å²) in [7, 11) is -1.35. The van der Waals surface area contributed by atoms with E-state index in [9.17, 15) is 9.59 Å². The molecule has 228 valence electrons. The molecule has 0 radical (unpaired) electrons. The highest BCUT2D eigenvalue weighted by Gasteiger charge is 2.32. The van der Waals surface area contributed by atoms with E-state index in [2.05, 4.69) is 45.0 Å². The van der Waals surface area contributed by atoms with E-state index in [4.69, 9.17) is 31.1 Å². The number of unbranched alkanes of at least 4 members (excludes halogenated alkanes) is 4. The lowest BCUT2D eigenvalue weighted by molar-refractivity contribution is -0.140. The molecular formula is C34H46BClO6. The van der Waals surface area contributed by atoms with Gasteiger partial charge in [-0.1, -0.05) is 111 Å². The SMILES string of the molecule is CCCCC[C@H]1OC(=O)C(C)=C1Cl.CCCCC[C@H]1OC(=O)C(C)=C1c1ccc(C)cc1.Cc1ccc(B(O)O)cc1. The van der Waals surface area contributed by atoms with Crippen LogP contribution in [0.2, 0.25) is 0 Å². The molecule has 0 spiro atoms. The summed E-state index contributed by atoms with van der Waals surface area (Å²) in [5, 5.41) is 17.9. The third-order valence-electron chi connectivity index (χ3n) is 7.36. The summed E-state index contributed by atoms with van der Waals surface area (Å²) >= 11 is 5.94. The summed E-state index contributed by atoms with van der Waals surface area (Å²) < 4.78 is 10.6. The summed E-state index contributed by atoms with van der Waals surface area (Å²) in [5.41, 5.74) is 6.43. The van der Waals surface area contributed by atoms with Crippen molar-refractivity contribution in [1.29, 1.82) is 0 Å². The quantitative estimate of drug-likeness (QED) is 0.175. The minimum Gasteiger partial charge on any atom is -0.454 e. The second-order valence-corrected chi connectivity index (χ2v) is 11.3. The van der Waals surface area contributed by atoms with E-state index < -0.39 is 7.12 Å². The van der Waals surface area contributed by atoms with Crippen molar-refractivity contribution in [3.8, 4) is 0 Å². The Kier molecular flexibility index (Phi) is 15.1. The fourth-order valence-electron chi connectivity index (χ4n) is 4.66. The molecule has 2 atom stereocenters. The van der Waals surface area contributed by atoms with Gasteiger partial charge in [-0.2, -0.15) is 0 Å². The molecule has 2 N–H and O–H groups in total. The molecule has 42 heavy (non-hydrogen) atoms. The first-order chi connectivity index (χ1) is 20.0. The van der Waals surface area contributed by atoms with Crippen molar-refractivity contribution in [2.75, 3.05) is 0 Å². The fourth-order valence-corrected chi connectivity index (χ4v) is 4.89. The first kappa shape index (κ1) is 35.3. The van der Waals surface area contributed by atoms with Crippen LogP contribution in [0, 0.1) is 13.8 Å². The molecular weight excluding hydrogens is 551 g/mol. The summed E-state index contributed by atoms with van der Waals surface area (Å²) in [6.07, 6.45) is 8.45. The highest BCUT2D eigenvalue weighted by Crippen LogP contribution is 2.34. The van der Waals surface area contributed by atoms with Crippen molar-refractivity contribution in [2.45, 2.75) is 105 Å². The Morgan fingerprint density at radius 1 is 0.690 bits per heavy atom. The van der Waals surface area contributed by atoms with Gasteiger partial charge in [0.05, 0.1) is 10.6 Å². The van der Waals surface area contributed by atoms with Crippen LogP contribution >= 0.6 is 11.6 Å². The van der Waals surface area contributed by atoms with Gasteiger partial charge in [-0.05, 0) is 64.4 Å². The van der Waals surface area contributed by atoms with Gasteiger partial charge in [0, 0.05) is 11.1 Å². The number of hydrogen-bond acceptors (Lipinski definition) is 6. The number of cyclic esters (lactones) is 2. The molecule has 2 aromatic carbocycles. The maximum Gasteiger partial charge on any atom is 0.488 e. The van der Waals surface area contributed by atoms with Gasteiger partial charge in [-0.25, -0.2) is 9.59 Å². The van der Waals surface area contributed by atoms with Crippen molar-refractivity contribution in [2.24, 2.45) is 0 Å². The number of rotatable bonds is 10. The van der Waals surface area contributed by atoms with Crippen molar-refractivity contribution < 1.29 is 29.1 Å². The van der Waals surface area contributed by atoms with Crippen LogP contribution in [0.15, 0.2) is 64.7 Å². The Labute approximate surface area is 256 Å². The van der Waals surface area contributed by atoms with Gasteiger partial charge in [0.1, 0.15) is 12.2 Å². The smallest absolute Gasteiger partial charge is 0.454 e. The summed E-state index contributed by atoms with van der Waals surface area (Å²) in [4.78, 5) is 22.9. The van der Waals surface area contributed by atoms with Crippen molar-refractivity contribution in [3.05, 3.63) is 81.4 Å². The zero-order valence-electron chi connectivity index (χ0n) is 25.9. The fraction of sp³-hybridized carbons (Fsp3) is 0.471. The molecule has 2 aliphatic heterocycles. The molecule has 6 nitrogen and oxygen atoms in total. The Morgan fingerprint density at radius 3 is 1.60 bits per heavy atom. The summed E-state index contributed by atoms with van der Waals surface area (Å²) in [6, 6.07) is 15.4. The lowest BCUT2D eigenvalue weighted by Gasteiger charge is -2.14. The lowest BCUT2D eigenvalue weighted by atomic mass is 9.80. The third kappa shape index (κ3) is 10.8. The Bertz CT molecular complexity index is 1220. The average Bonchev–Trinajstić information content (AvgIpc) is 3.38. The van der Waals surface area contributed by atoms with Gasteiger partial charge in [0.15, 0.2) is 0 Å². The second-order valence-electron chi connectivity index (χ2n) is 10.9. The van der Waals surface area contributed by atoms with Gasteiger partial charge in [0.25, 0.3) is 0 Å². The standard InChI is InChI=1S/C17H22O2.C10H15ClO2.C7H9BO2/c1-4-5-6-7-15-16(13(3)17(18)19-15)14-10-8-12(2)9-11-14;1-3-4-5-6-8-9(11)7(2)10(12)13-8;1-6-2-4-7(5-3-6)8(9)10/h8-11,15H,4-7H2,1-3H3;8H,3-6H2,1-2H3;2-5,9-10H,1H3/t15-;8-;/m11./s1. The normalized spacial score (nSPS) is 17.7. The van der Waals surface area contributed by atoms with E-state index in [1.54, 1.807) is 19.1 Å². The topological polar surface area (TPSA) is 93.1 Å². The Morgan fingerprint density at radius 2 is 1.14 bits per heavy atom. The number of esters is 2. The van der Waals surface area contributed by atoms with E-state index in [-0.39, 0.29) is 24.1 Å². The lowest BCUT2D eigenvalue weighted by Crippen LogP contribution is -2.29. The largest absolute Gasteiger partial charge is 0.488 e. The molecule has 2 aromatic rings. The zero-order valence-corrected chi connectivity index (χ0v) is 26.7. The molecule has 0 saturated carbocycles. The summed E-state index contributed by atoms with van der Waals surface area (Å²) in [6.45, 7) is 11.9. The van der Waals surface area contributed by atoms with Crippen molar-refractivity contribution >= 4 is 41.7 Å². The van der Waals surface area contributed by atoms with Crippen molar-refractivity contribution in [1.82, 2.24) is 0 Å².